The van der Waals surface area contributed by atoms with Crippen LogP contribution < -0.4 is 14.8 Å². The van der Waals surface area contributed by atoms with Crippen LogP contribution in [-0.2, 0) is 4.74 Å². The molecule has 1 N–H and O–H groups in total. The number of dihydropyridines is 1. The summed E-state index contributed by atoms with van der Waals surface area (Å²) in [6.45, 7) is 0.219. The van der Waals surface area contributed by atoms with Gasteiger partial charge in [0.05, 0.1) is 0 Å². The van der Waals surface area contributed by atoms with Crippen LogP contribution in [0.25, 0.3) is 0 Å². The minimum Gasteiger partial charge on any atom is -0.454 e. The van der Waals surface area contributed by atoms with E-state index < -0.39 is 12.2 Å². The van der Waals surface area contributed by atoms with E-state index in [1.807, 2.05) is 6.07 Å². The second kappa shape index (κ2) is 3.74. The van der Waals surface area contributed by atoms with Gasteiger partial charge >= 0.3 is 0 Å². The number of allylic oxidation sites excluding steroid dienone is 2. The van der Waals surface area contributed by atoms with Crippen LogP contribution in [0.5, 0.6) is 11.5 Å². The number of fused-ring (bicyclic) bond motifs is 2. The van der Waals surface area contributed by atoms with Gasteiger partial charge in [0.1, 0.15) is 5.70 Å². The van der Waals surface area contributed by atoms with Crippen LogP contribution in [0.3, 0.4) is 0 Å². The minimum absolute atomic E-state index is 0.219. The summed E-state index contributed by atoms with van der Waals surface area (Å²) in [5.41, 5.74) is 1.41. The van der Waals surface area contributed by atoms with Gasteiger partial charge in [-0.2, -0.15) is 4.39 Å². The fraction of sp³-hybridized carbons (Fsp3) is 0.154. The third-order valence-corrected chi connectivity index (χ3v) is 3.02. The first-order chi connectivity index (χ1) is 9.29. The lowest BCUT2D eigenvalue weighted by molar-refractivity contribution is 0.174. The molecule has 3 heterocycles. The Balaban J connectivity index is 1.68. The van der Waals surface area contributed by atoms with Crippen molar-refractivity contribution in [1.82, 2.24) is 5.32 Å². The Bertz CT molecular complexity index is 651. The fourth-order valence-corrected chi connectivity index (χ4v) is 2.10. The van der Waals surface area contributed by atoms with Crippen molar-refractivity contribution < 1.29 is 18.6 Å². The number of hydrogen-bond donors (Lipinski definition) is 1. The van der Waals surface area contributed by atoms with Gasteiger partial charge in [-0.05, 0) is 30.4 Å². The van der Waals surface area contributed by atoms with Crippen molar-refractivity contribution in [2.24, 2.45) is 4.99 Å². The van der Waals surface area contributed by atoms with Gasteiger partial charge in [-0.25, -0.2) is 4.99 Å². The first kappa shape index (κ1) is 10.4. The lowest BCUT2D eigenvalue weighted by atomic mass is 10.2. The molecule has 4 rings (SSSR count). The normalized spacial score (nSPS) is 22.8. The Morgan fingerprint density at radius 3 is 3.05 bits per heavy atom. The smallest absolute Gasteiger partial charge is 0.231 e. The van der Waals surface area contributed by atoms with Crippen molar-refractivity contribution in [3.8, 4) is 11.5 Å². The molecule has 5 nitrogen and oxygen atoms in total. The molecule has 0 spiro atoms. The first-order valence-corrected chi connectivity index (χ1v) is 5.79. The minimum atomic E-state index is -0.564. The zero-order chi connectivity index (χ0) is 12.8. The molecule has 0 radical (unpaired) electrons. The van der Waals surface area contributed by atoms with E-state index in [1.165, 1.54) is 6.08 Å². The SMILES string of the molecule is FC1=CC=C2N=C(c3ccc4c(c3)OCO4)OC2N1. The molecule has 0 aliphatic carbocycles. The summed E-state index contributed by atoms with van der Waals surface area (Å²) in [4.78, 5) is 4.33. The molecule has 1 aromatic carbocycles. The number of aliphatic imine (C=N–C) groups is 1. The molecule has 0 fully saturated rings. The summed E-state index contributed by atoms with van der Waals surface area (Å²) in [6, 6.07) is 5.42. The number of halogens is 1. The number of benzene rings is 1. The zero-order valence-corrected chi connectivity index (χ0v) is 9.72. The predicted octanol–water partition coefficient (Wildman–Crippen LogP) is 1.82. The number of nitrogens with zero attached hydrogens (tertiary/aromatic N) is 1. The average Bonchev–Trinajstić information content (AvgIpc) is 3.02. The van der Waals surface area contributed by atoms with Gasteiger partial charge in [-0.15, -0.1) is 0 Å². The van der Waals surface area contributed by atoms with E-state index in [0.717, 1.165) is 5.56 Å². The highest BCUT2D eigenvalue weighted by Gasteiger charge is 2.29. The number of hydrogen-bond acceptors (Lipinski definition) is 5. The Hall–Kier alpha value is -2.50. The molecule has 0 saturated heterocycles. The summed E-state index contributed by atoms with van der Waals surface area (Å²) in [6.07, 6.45) is 2.35. The van der Waals surface area contributed by atoms with Gasteiger partial charge in [0, 0.05) is 5.56 Å². The standard InChI is InChI=1S/C13H9FN2O3/c14-11-4-2-8-13(16-11)19-12(15-8)7-1-3-9-10(5-7)18-6-17-9/h1-5,13,16H,6H2. The van der Waals surface area contributed by atoms with Gasteiger partial charge in [0.2, 0.25) is 18.9 Å². The Labute approximate surface area is 108 Å². The molecule has 19 heavy (non-hydrogen) atoms. The molecule has 1 aromatic rings. The Kier molecular flexibility index (Phi) is 2.05. The molecular formula is C13H9FN2O3. The third kappa shape index (κ3) is 1.64. The fourth-order valence-electron chi connectivity index (χ4n) is 2.10. The quantitative estimate of drug-likeness (QED) is 0.782. The maximum atomic E-state index is 13.1. The molecule has 0 amide bonds. The lowest BCUT2D eigenvalue weighted by Crippen LogP contribution is -2.31. The molecule has 1 unspecified atom stereocenters. The topological polar surface area (TPSA) is 52.1 Å². The van der Waals surface area contributed by atoms with Crippen LogP contribution in [0.15, 0.2) is 47.0 Å². The largest absolute Gasteiger partial charge is 0.454 e. The second-order valence-electron chi connectivity index (χ2n) is 4.23. The van der Waals surface area contributed by atoms with Crippen LogP contribution in [0, 0.1) is 0 Å². The maximum Gasteiger partial charge on any atom is 0.231 e. The number of rotatable bonds is 1. The molecule has 0 bridgehead atoms. The molecule has 96 valence electrons. The molecule has 0 saturated carbocycles. The first-order valence-electron chi connectivity index (χ1n) is 5.79. The van der Waals surface area contributed by atoms with Crippen molar-refractivity contribution in [2.45, 2.75) is 6.23 Å². The Morgan fingerprint density at radius 1 is 1.21 bits per heavy atom. The van der Waals surface area contributed by atoms with E-state index in [2.05, 4.69) is 10.3 Å². The Morgan fingerprint density at radius 2 is 2.11 bits per heavy atom. The van der Waals surface area contributed by atoms with E-state index >= 15 is 0 Å². The number of nitrogens with one attached hydrogen (secondary N) is 1. The van der Waals surface area contributed by atoms with Crippen LogP contribution in [0.2, 0.25) is 0 Å². The highest BCUT2D eigenvalue weighted by atomic mass is 19.1. The molecular weight excluding hydrogens is 251 g/mol. The highest BCUT2D eigenvalue weighted by molar-refractivity contribution is 5.97. The van der Waals surface area contributed by atoms with Crippen LogP contribution >= 0.6 is 0 Å². The van der Waals surface area contributed by atoms with Crippen molar-refractivity contribution in [3.63, 3.8) is 0 Å². The number of ether oxygens (including phenoxy) is 3. The van der Waals surface area contributed by atoms with Crippen LogP contribution in [-0.4, -0.2) is 18.9 Å². The summed E-state index contributed by atoms with van der Waals surface area (Å²) in [5, 5.41) is 2.56. The van der Waals surface area contributed by atoms with E-state index in [1.54, 1.807) is 18.2 Å². The molecule has 1 atom stereocenters. The lowest BCUT2D eigenvalue weighted by Gasteiger charge is -2.16. The van der Waals surface area contributed by atoms with Crippen molar-refractivity contribution >= 4 is 5.90 Å². The highest BCUT2D eigenvalue weighted by Crippen LogP contribution is 2.34. The monoisotopic (exact) mass is 260 g/mol. The molecule has 3 aliphatic rings. The van der Waals surface area contributed by atoms with Gasteiger partial charge in [0.25, 0.3) is 0 Å². The van der Waals surface area contributed by atoms with Crippen molar-refractivity contribution in [3.05, 3.63) is 47.6 Å². The van der Waals surface area contributed by atoms with Crippen LogP contribution in [0.1, 0.15) is 5.56 Å². The van der Waals surface area contributed by atoms with Crippen LogP contribution in [0.4, 0.5) is 4.39 Å². The van der Waals surface area contributed by atoms with Gasteiger partial charge in [-0.3, -0.25) is 0 Å². The van der Waals surface area contributed by atoms with Crippen molar-refractivity contribution in [1.29, 1.82) is 0 Å². The maximum absolute atomic E-state index is 13.1. The molecule has 3 aliphatic heterocycles. The zero-order valence-electron chi connectivity index (χ0n) is 9.72. The van der Waals surface area contributed by atoms with Crippen molar-refractivity contribution in [2.75, 3.05) is 6.79 Å². The predicted molar refractivity (Wildman–Crippen MR) is 64.4 cm³/mol. The van der Waals surface area contributed by atoms with E-state index in [4.69, 9.17) is 14.2 Å². The van der Waals surface area contributed by atoms with Gasteiger partial charge in [0.15, 0.2) is 17.4 Å². The second-order valence-corrected chi connectivity index (χ2v) is 4.23. The third-order valence-electron chi connectivity index (χ3n) is 3.02. The summed E-state index contributed by atoms with van der Waals surface area (Å²) in [7, 11) is 0. The molecule has 6 heteroatoms. The van der Waals surface area contributed by atoms with E-state index in [-0.39, 0.29) is 6.79 Å². The van der Waals surface area contributed by atoms with E-state index in [0.29, 0.717) is 23.1 Å². The van der Waals surface area contributed by atoms with Gasteiger partial charge in [-0.1, -0.05) is 0 Å². The summed E-state index contributed by atoms with van der Waals surface area (Å²) >= 11 is 0. The summed E-state index contributed by atoms with van der Waals surface area (Å²) in [5.74, 6) is 1.36. The summed E-state index contributed by atoms with van der Waals surface area (Å²) < 4.78 is 29.2. The molecule has 0 aromatic heterocycles. The van der Waals surface area contributed by atoms with E-state index in [9.17, 15) is 4.39 Å². The van der Waals surface area contributed by atoms with Gasteiger partial charge < -0.3 is 19.5 Å². The average molecular weight is 260 g/mol.